The lowest BCUT2D eigenvalue weighted by atomic mass is 10.1. The van der Waals surface area contributed by atoms with Gasteiger partial charge in [-0.05, 0) is 76.1 Å². The van der Waals surface area contributed by atoms with E-state index in [1.807, 2.05) is 0 Å². The van der Waals surface area contributed by atoms with Crippen LogP contribution in [0.4, 0.5) is 15.8 Å². The highest BCUT2D eigenvalue weighted by Gasteiger charge is 2.67. The second kappa shape index (κ2) is 9.84. The summed E-state index contributed by atoms with van der Waals surface area (Å²) < 4.78 is 12.7. The molecule has 2 atom stereocenters. The lowest BCUT2D eigenvalue weighted by molar-refractivity contribution is -0.117. The molecule has 0 bridgehead atoms. The van der Waals surface area contributed by atoms with Crippen molar-refractivity contribution in [2.24, 2.45) is 5.92 Å². The van der Waals surface area contributed by atoms with E-state index in [9.17, 15) is 14.0 Å². The van der Waals surface area contributed by atoms with E-state index in [1.54, 1.807) is 18.2 Å². The molecule has 1 saturated carbocycles. The molecule has 2 N–H and O–H groups in total. The van der Waals surface area contributed by atoms with Crippen molar-refractivity contribution in [2.45, 2.75) is 10.3 Å². The molecule has 34 heavy (non-hydrogen) atoms. The second-order valence-corrected chi connectivity index (χ2v) is 11.2. The minimum absolute atomic E-state index is 0.0831. The number of rotatable bonds is 5. The van der Waals surface area contributed by atoms with Gasteiger partial charge in [-0.1, -0.05) is 34.8 Å². The van der Waals surface area contributed by atoms with E-state index in [-0.39, 0.29) is 20.7 Å². The molecule has 3 aromatic rings. The van der Waals surface area contributed by atoms with E-state index in [2.05, 4.69) is 26.6 Å². The summed E-state index contributed by atoms with van der Waals surface area (Å²) in [5.41, 5.74) is 1.27. The Labute approximate surface area is 227 Å². The summed E-state index contributed by atoms with van der Waals surface area (Å²) in [4.78, 5) is 25.7. The summed E-state index contributed by atoms with van der Waals surface area (Å²) in [6, 6.07) is 13.4. The van der Waals surface area contributed by atoms with E-state index >= 15 is 0 Å². The van der Waals surface area contributed by atoms with Gasteiger partial charge in [-0.25, -0.2) is 4.39 Å². The molecule has 4 nitrogen and oxygen atoms in total. The molecule has 0 aliphatic heterocycles. The summed E-state index contributed by atoms with van der Waals surface area (Å²) >= 11 is 34.2. The zero-order valence-electron chi connectivity index (χ0n) is 16.8. The average Bonchev–Trinajstić information content (AvgIpc) is 3.33. The third-order valence-corrected chi connectivity index (χ3v) is 7.59. The van der Waals surface area contributed by atoms with Gasteiger partial charge in [-0.3, -0.25) is 9.59 Å². The zero-order valence-corrected chi connectivity index (χ0v) is 22.2. The molecule has 176 valence electrons. The van der Waals surface area contributed by atoms with Crippen molar-refractivity contribution in [2.75, 3.05) is 10.6 Å². The third-order valence-electron chi connectivity index (χ3n) is 5.24. The maximum Gasteiger partial charge on any atom is 0.257 e. The molecule has 1 fully saturated rings. The highest BCUT2D eigenvalue weighted by atomic mass is 79.9. The Hall–Kier alpha value is -1.54. The molecule has 11 heteroatoms. The predicted octanol–water partition coefficient (Wildman–Crippen LogP) is 8.33. The van der Waals surface area contributed by atoms with Crippen molar-refractivity contribution in [1.82, 2.24) is 0 Å². The SMILES string of the molecule is O=C(Nc1ccc(Br)c(F)c1)c1cc(NC(=O)C2C(c3cc(Cl)cc(Cl)c3)C2(Cl)Cl)ccc1Cl. The number of hydrogen-bond acceptors (Lipinski definition) is 2. The Bertz CT molecular complexity index is 1300. The van der Waals surface area contributed by atoms with Gasteiger partial charge in [0.25, 0.3) is 5.91 Å². The maximum atomic E-state index is 13.8. The molecular formula is C23H13BrCl5FN2O2. The van der Waals surface area contributed by atoms with E-state index < -0.39 is 33.8 Å². The van der Waals surface area contributed by atoms with Crippen molar-refractivity contribution in [1.29, 1.82) is 0 Å². The van der Waals surface area contributed by atoms with Crippen LogP contribution < -0.4 is 10.6 Å². The number of anilines is 2. The highest BCUT2D eigenvalue weighted by Crippen LogP contribution is 2.65. The molecular weight excluding hydrogens is 612 g/mol. The highest BCUT2D eigenvalue weighted by molar-refractivity contribution is 9.10. The molecule has 0 heterocycles. The molecule has 1 aliphatic rings. The number of amides is 2. The van der Waals surface area contributed by atoms with Gasteiger partial charge >= 0.3 is 0 Å². The van der Waals surface area contributed by atoms with E-state index in [0.29, 0.717) is 21.3 Å². The van der Waals surface area contributed by atoms with Gasteiger partial charge in [0.05, 0.1) is 21.0 Å². The van der Waals surface area contributed by atoms with Gasteiger partial charge in [0.1, 0.15) is 10.2 Å². The minimum atomic E-state index is -1.35. The first-order valence-electron chi connectivity index (χ1n) is 9.68. The fourth-order valence-corrected chi connectivity index (χ4v) is 5.41. The van der Waals surface area contributed by atoms with Crippen molar-refractivity contribution in [3.63, 3.8) is 0 Å². The topological polar surface area (TPSA) is 58.2 Å². The van der Waals surface area contributed by atoms with Crippen LogP contribution in [0.2, 0.25) is 15.1 Å². The van der Waals surface area contributed by atoms with E-state index in [1.165, 1.54) is 30.3 Å². The normalized spacial score (nSPS) is 18.3. The lowest BCUT2D eigenvalue weighted by Gasteiger charge is -2.11. The molecule has 3 aromatic carbocycles. The Balaban J connectivity index is 1.51. The molecule has 0 spiro atoms. The Morgan fingerprint density at radius 1 is 0.882 bits per heavy atom. The van der Waals surface area contributed by atoms with Gasteiger partial charge in [0, 0.05) is 27.3 Å². The van der Waals surface area contributed by atoms with Crippen molar-refractivity contribution in [3.8, 4) is 0 Å². The summed E-state index contributed by atoms with van der Waals surface area (Å²) in [7, 11) is 0. The van der Waals surface area contributed by atoms with Crippen LogP contribution in [-0.4, -0.2) is 16.1 Å². The third kappa shape index (κ3) is 5.32. The molecule has 0 saturated heterocycles. The van der Waals surface area contributed by atoms with Gasteiger partial charge in [-0.2, -0.15) is 0 Å². The number of alkyl halides is 2. The lowest BCUT2D eigenvalue weighted by Crippen LogP contribution is -2.18. The van der Waals surface area contributed by atoms with Crippen LogP contribution >= 0.6 is 73.9 Å². The second-order valence-electron chi connectivity index (χ2n) is 7.60. The summed E-state index contributed by atoms with van der Waals surface area (Å²) in [5.74, 6) is -2.85. The summed E-state index contributed by atoms with van der Waals surface area (Å²) in [6.45, 7) is 0. The number of benzene rings is 3. The van der Waals surface area contributed by atoms with Crippen LogP contribution in [0.15, 0.2) is 59.1 Å². The first kappa shape index (κ1) is 25.5. The molecule has 1 aliphatic carbocycles. The van der Waals surface area contributed by atoms with Crippen molar-refractivity contribution >= 4 is 97.1 Å². The van der Waals surface area contributed by atoms with E-state index in [4.69, 9.17) is 58.0 Å². The largest absolute Gasteiger partial charge is 0.326 e. The fourth-order valence-electron chi connectivity index (χ4n) is 3.59. The Kier molecular flexibility index (Phi) is 7.40. The van der Waals surface area contributed by atoms with Gasteiger partial charge < -0.3 is 10.6 Å². The maximum absolute atomic E-state index is 13.8. The molecule has 2 amide bonds. The van der Waals surface area contributed by atoms with Crippen molar-refractivity contribution in [3.05, 3.63) is 91.1 Å². The van der Waals surface area contributed by atoms with Gasteiger partial charge in [0.15, 0.2) is 0 Å². The number of nitrogens with one attached hydrogen (secondary N) is 2. The zero-order chi connectivity index (χ0) is 24.8. The quantitative estimate of drug-likeness (QED) is 0.280. The van der Waals surface area contributed by atoms with Gasteiger partial charge in [0.2, 0.25) is 5.91 Å². The van der Waals surface area contributed by atoms with Crippen molar-refractivity contribution < 1.29 is 14.0 Å². The minimum Gasteiger partial charge on any atom is -0.326 e. The van der Waals surface area contributed by atoms with Crippen LogP contribution in [0, 0.1) is 11.7 Å². The van der Waals surface area contributed by atoms with Crippen LogP contribution in [-0.2, 0) is 4.79 Å². The molecule has 0 aromatic heterocycles. The Morgan fingerprint density at radius 3 is 2.15 bits per heavy atom. The summed E-state index contributed by atoms with van der Waals surface area (Å²) in [5, 5.41) is 6.23. The molecule has 4 rings (SSSR count). The fraction of sp³-hybridized carbons (Fsp3) is 0.130. The van der Waals surface area contributed by atoms with Crippen LogP contribution in [0.1, 0.15) is 21.8 Å². The number of carbonyl (C=O) groups is 2. The standard InChI is InChI=1S/C23H13BrCl5FN2O2/c24-16-3-1-14(9-18(16)30)31-21(33)15-8-13(2-4-17(15)27)32-22(34)20-19(23(20,28)29)10-5-11(25)7-12(26)6-10/h1-9,19-20H,(H,31,33)(H,32,34). The predicted molar refractivity (Wildman–Crippen MR) is 139 cm³/mol. The summed E-state index contributed by atoms with van der Waals surface area (Å²) in [6.07, 6.45) is 0. The van der Waals surface area contributed by atoms with Gasteiger partial charge in [-0.15, -0.1) is 23.2 Å². The van der Waals surface area contributed by atoms with Crippen LogP contribution in [0.5, 0.6) is 0 Å². The monoisotopic (exact) mass is 622 g/mol. The first-order chi connectivity index (χ1) is 16.0. The molecule has 2 unspecified atom stereocenters. The van der Waals surface area contributed by atoms with E-state index in [0.717, 1.165) is 6.07 Å². The first-order valence-corrected chi connectivity index (χ1v) is 12.4. The Morgan fingerprint density at radius 2 is 1.50 bits per heavy atom. The smallest absolute Gasteiger partial charge is 0.257 e. The van der Waals surface area contributed by atoms with Crippen LogP contribution in [0.3, 0.4) is 0 Å². The van der Waals surface area contributed by atoms with Crippen LogP contribution in [0.25, 0.3) is 0 Å². The molecule has 0 radical (unpaired) electrons. The average molecular weight is 626 g/mol. The number of halogens is 7. The number of carbonyl (C=O) groups excluding carboxylic acids is 2. The number of hydrogen-bond donors (Lipinski definition) is 2.